The highest BCUT2D eigenvalue weighted by atomic mass is 35.5. The lowest BCUT2D eigenvalue weighted by Crippen LogP contribution is -2.33. The summed E-state index contributed by atoms with van der Waals surface area (Å²) in [5, 5.41) is 6.74. The van der Waals surface area contributed by atoms with Gasteiger partial charge in [0.2, 0.25) is 5.91 Å². The summed E-state index contributed by atoms with van der Waals surface area (Å²) in [5.41, 5.74) is 0.779. The number of halogens is 1. The second-order valence-corrected chi connectivity index (χ2v) is 6.20. The maximum atomic E-state index is 11.8. The van der Waals surface area contributed by atoms with Gasteiger partial charge in [0.15, 0.2) is 0 Å². The largest absolute Gasteiger partial charge is 0.325 e. The molecule has 21 heavy (non-hydrogen) atoms. The van der Waals surface area contributed by atoms with Crippen LogP contribution < -0.4 is 10.6 Å². The second kappa shape index (κ2) is 8.37. The van der Waals surface area contributed by atoms with Crippen LogP contribution in [0.25, 0.3) is 0 Å². The van der Waals surface area contributed by atoms with Crippen LogP contribution in [0.2, 0.25) is 5.02 Å². The van der Waals surface area contributed by atoms with Crippen molar-refractivity contribution in [1.29, 1.82) is 0 Å². The lowest BCUT2D eigenvalue weighted by Gasteiger charge is -2.28. The minimum atomic E-state index is -0.0132. The zero-order valence-corrected chi connectivity index (χ0v) is 13.3. The molecule has 116 valence electrons. The number of nitrogens with one attached hydrogen (secondary N) is 2. The number of carbonyl (C=O) groups excluding carboxylic acids is 1. The van der Waals surface area contributed by atoms with E-state index in [-0.39, 0.29) is 5.91 Å². The first-order valence-electron chi connectivity index (χ1n) is 7.58. The topological polar surface area (TPSA) is 44.4 Å². The van der Waals surface area contributed by atoms with Crippen molar-refractivity contribution in [2.24, 2.45) is 5.92 Å². The van der Waals surface area contributed by atoms with Crippen molar-refractivity contribution in [3.05, 3.63) is 29.3 Å². The summed E-state index contributed by atoms with van der Waals surface area (Å²) in [5.74, 6) is 0.786. The fraction of sp³-hybridized carbons (Fsp3) is 0.562. The van der Waals surface area contributed by atoms with Crippen LogP contribution in [0.5, 0.6) is 0 Å². The zero-order chi connectivity index (χ0) is 15.1. The highest BCUT2D eigenvalue weighted by molar-refractivity contribution is 6.30. The summed E-state index contributed by atoms with van der Waals surface area (Å²) in [7, 11) is 2.18. The molecule has 1 aliphatic rings. The Labute approximate surface area is 131 Å². The first-order chi connectivity index (χ1) is 10.1. The summed E-state index contributed by atoms with van der Waals surface area (Å²) in [6.07, 6.45) is 3.70. The highest BCUT2D eigenvalue weighted by Crippen LogP contribution is 2.18. The fourth-order valence-corrected chi connectivity index (χ4v) is 2.72. The Bertz CT molecular complexity index is 441. The molecular formula is C16H24ClN3O. The average Bonchev–Trinajstić information content (AvgIpc) is 2.48. The van der Waals surface area contributed by atoms with Crippen molar-refractivity contribution < 1.29 is 4.79 Å². The molecule has 0 aromatic heterocycles. The van der Waals surface area contributed by atoms with E-state index in [9.17, 15) is 4.79 Å². The third kappa shape index (κ3) is 6.04. The van der Waals surface area contributed by atoms with E-state index in [2.05, 4.69) is 22.6 Å². The summed E-state index contributed by atoms with van der Waals surface area (Å²) >= 11 is 5.81. The fourth-order valence-electron chi connectivity index (χ4n) is 2.60. The Morgan fingerprint density at radius 3 is 2.62 bits per heavy atom. The molecule has 1 heterocycles. The molecule has 1 saturated heterocycles. The molecule has 2 N–H and O–H groups in total. The van der Waals surface area contributed by atoms with Crippen LogP contribution in [0.4, 0.5) is 5.69 Å². The van der Waals surface area contributed by atoms with Gasteiger partial charge in [-0.15, -0.1) is 0 Å². The van der Waals surface area contributed by atoms with Crippen molar-refractivity contribution in [2.45, 2.75) is 19.3 Å². The van der Waals surface area contributed by atoms with Gasteiger partial charge >= 0.3 is 0 Å². The molecule has 1 amide bonds. The number of likely N-dealkylation sites (tertiary alicyclic amines) is 1. The normalized spacial score (nSPS) is 16.9. The standard InChI is InChI=1S/C16H24ClN3O/c1-20-10-7-13(8-11-20)6-9-18-12-16(21)19-15-4-2-14(17)3-5-15/h2-5,13,18H,6-12H2,1H3,(H,19,21). The quantitative estimate of drug-likeness (QED) is 0.794. The number of hydrogen-bond acceptors (Lipinski definition) is 3. The molecule has 4 nitrogen and oxygen atoms in total. The first-order valence-corrected chi connectivity index (χ1v) is 7.96. The van der Waals surface area contributed by atoms with Gasteiger partial charge in [0, 0.05) is 10.7 Å². The summed E-state index contributed by atoms with van der Waals surface area (Å²) in [4.78, 5) is 14.2. The number of amides is 1. The minimum absolute atomic E-state index is 0.0132. The molecule has 0 bridgehead atoms. The Hall–Kier alpha value is -1.10. The molecule has 1 aliphatic heterocycles. The monoisotopic (exact) mass is 309 g/mol. The lowest BCUT2D eigenvalue weighted by atomic mass is 9.94. The molecule has 5 heteroatoms. The van der Waals surface area contributed by atoms with Crippen molar-refractivity contribution in [3.8, 4) is 0 Å². The second-order valence-electron chi connectivity index (χ2n) is 5.77. The number of hydrogen-bond donors (Lipinski definition) is 2. The third-order valence-corrected chi connectivity index (χ3v) is 4.23. The van der Waals surface area contributed by atoms with Crippen molar-refractivity contribution >= 4 is 23.2 Å². The van der Waals surface area contributed by atoms with Crippen molar-refractivity contribution in [1.82, 2.24) is 10.2 Å². The van der Waals surface area contributed by atoms with Crippen molar-refractivity contribution in [3.63, 3.8) is 0 Å². The summed E-state index contributed by atoms with van der Waals surface area (Å²) in [6, 6.07) is 7.15. The van der Waals surface area contributed by atoms with Crippen LogP contribution in [0.15, 0.2) is 24.3 Å². The predicted molar refractivity (Wildman–Crippen MR) is 87.8 cm³/mol. The van der Waals surface area contributed by atoms with E-state index in [4.69, 9.17) is 11.6 Å². The molecule has 1 fully saturated rings. The van der Waals surface area contributed by atoms with E-state index >= 15 is 0 Å². The number of nitrogens with zero attached hydrogens (tertiary/aromatic N) is 1. The van der Waals surface area contributed by atoms with Crippen LogP contribution in [-0.4, -0.2) is 44.0 Å². The van der Waals surface area contributed by atoms with Crippen LogP contribution in [0, 0.1) is 5.92 Å². The van der Waals surface area contributed by atoms with E-state index in [1.54, 1.807) is 24.3 Å². The number of piperidine rings is 1. The minimum Gasteiger partial charge on any atom is -0.325 e. The SMILES string of the molecule is CN1CCC(CCNCC(=O)Nc2ccc(Cl)cc2)CC1. The number of benzene rings is 1. The average molecular weight is 310 g/mol. The first kappa shape index (κ1) is 16.3. The van der Waals surface area contributed by atoms with Gasteiger partial charge in [-0.05, 0) is 76.1 Å². The van der Waals surface area contributed by atoms with E-state index < -0.39 is 0 Å². The number of carbonyl (C=O) groups is 1. The molecule has 0 aliphatic carbocycles. The van der Waals surface area contributed by atoms with Gasteiger partial charge in [-0.1, -0.05) is 11.6 Å². The van der Waals surface area contributed by atoms with Gasteiger partial charge < -0.3 is 15.5 Å². The Morgan fingerprint density at radius 2 is 1.95 bits per heavy atom. The van der Waals surface area contributed by atoms with Gasteiger partial charge in [-0.2, -0.15) is 0 Å². The third-order valence-electron chi connectivity index (χ3n) is 3.98. The maximum absolute atomic E-state index is 11.8. The van der Waals surface area contributed by atoms with E-state index in [0.717, 1.165) is 24.6 Å². The van der Waals surface area contributed by atoms with Gasteiger partial charge in [0.1, 0.15) is 0 Å². The van der Waals surface area contributed by atoms with Gasteiger partial charge in [-0.3, -0.25) is 4.79 Å². The lowest BCUT2D eigenvalue weighted by molar-refractivity contribution is -0.115. The smallest absolute Gasteiger partial charge is 0.238 e. The predicted octanol–water partition coefficient (Wildman–Crippen LogP) is 2.60. The molecule has 0 atom stereocenters. The van der Waals surface area contributed by atoms with E-state index in [1.807, 2.05) is 0 Å². The van der Waals surface area contributed by atoms with Crippen LogP contribution in [-0.2, 0) is 4.79 Å². The Balaban J connectivity index is 1.58. The highest BCUT2D eigenvalue weighted by Gasteiger charge is 2.15. The zero-order valence-electron chi connectivity index (χ0n) is 12.6. The number of anilines is 1. The molecule has 1 aromatic rings. The van der Waals surface area contributed by atoms with Gasteiger partial charge in [0.05, 0.1) is 6.54 Å². The summed E-state index contributed by atoms with van der Waals surface area (Å²) in [6.45, 7) is 3.65. The van der Waals surface area contributed by atoms with Crippen LogP contribution in [0.1, 0.15) is 19.3 Å². The maximum Gasteiger partial charge on any atom is 0.238 e. The Kier molecular flexibility index (Phi) is 6.49. The molecule has 0 saturated carbocycles. The summed E-state index contributed by atoms with van der Waals surface area (Å²) < 4.78 is 0. The van der Waals surface area contributed by atoms with Crippen LogP contribution in [0.3, 0.4) is 0 Å². The molecule has 2 rings (SSSR count). The molecule has 0 unspecified atom stereocenters. The molecule has 1 aromatic carbocycles. The van der Waals surface area contributed by atoms with Crippen LogP contribution >= 0.6 is 11.6 Å². The van der Waals surface area contributed by atoms with Gasteiger partial charge in [0.25, 0.3) is 0 Å². The Morgan fingerprint density at radius 1 is 1.29 bits per heavy atom. The molecular weight excluding hydrogens is 286 g/mol. The van der Waals surface area contributed by atoms with Gasteiger partial charge in [-0.25, -0.2) is 0 Å². The molecule has 0 spiro atoms. The van der Waals surface area contributed by atoms with E-state index in [0.29, 0.717) is 11.6 Å². The number of rotatable bonds is 6. The van der Waals surface area contributed by atoms with Crippen molar-refractivity contribution in [2.75, 3.05) is 38.5 Å². The molecule has 0 radical (unpaired) electrons. The van der Waals surface area contributed by atoms with E-state index in [1.165, 1.54) is 25.9 Å².